The number of fused-ring (bicyclic) bond motifs is 1. The van der Waals surface area contributed by atoms with Crippen molar-refractivity contribution < 1.29 is 4.79 Å². The average Bonchev–Trinajstić information content (AvgIpc) is 2.88. The maximum Gasteiger partial charge on any atom is 0.271 e. The highest BCUT2D eigenvalue weighted by Crippen LogP contribution is 2.23. The number of hydrogen-bond donors (Lipinski definition) is 1. The summed E-state index contributed by atoms with van der Waals surface area (Å²) in [5.41, 5.74) is 2.58. The third kappa shape index (κ3) is 2.77. The van der Waals surface area contributed by atoms with Crippen LogP contribution in [0.25, 0.3) is 0 Å². The highest BCUT2D eigenvalue weighted by Gasteiger charge is 2.22. The van der Waals surface area contributed by atoms with Crippen LogP contribution >= 0.6 is 0 Å². The molecule has 0 bridgehead atoms. The van der Waals surface area contributed by atoms with E-state index in [4.69, 9.17) is 0 Å². The molecule has 2 aliphatic rings. The van der Waals surface area contributed by atoms with Crippen LogP contribution in [0.5, 0.6) is 0 Å². The fourth-order valence-corrected chi connectivity index (χ4v) is 3.06. The highest BCUT2D eigenvalue weighted by atomic mass is 16.1. The normalized spacial score (nSPS) is 25.9. The van der Waals surface area contributed by atoms with E-state index < -0.39 is 0 Å². The van der Waals surface area contributed by atoms with Gasteiger partial charge in [-0.2, -0.15) is 0 Å². The SMILES string of the molecule is C[C@H]1CC[C@H](NC(=O)c2cnc3c(n2)CCC3)CC1. The van der Waals surface area contributed by atoms with E-state index in [1.807, 2.05) is 0 Å². The van der Waals surface area contributed by atoms with Crippen LogP contribution in [0.3, 0.4) is 0 Å². The average molecular weight is 259 g/mol. The molecule has 102 valence electrons. The number of carbonyl (C=O) groups is 1. The molecule has 0 aromatic carbocycles. The van der Waals surface area contributed by atoms with E-state index in [1.54, 1.807) is 6.20 Å². The second kappa shape index (κ2) is 5.27. The van der Waals surface area contributed by atoms with E-state index in [0.29, 0.717) is 11.7 Å². The molecule has 4 heteroatoms. The fourth-order valence-electron chi connectivity index (χ4n) is 3.06. The molecule has 1 saturated carbocycles. The maximum absolute atomic E-state index is 12.2. The number of carbonyl (C=O) groups excluding carboxylic acids is 1. The molecule has 1 aromatic rings. The quantitative estimate of drug-likeness (QED) is 0.886. The van der Waals surface area contributed by atoms with Gasteiger partial charge in [0.1, 0.15) is 5.69 Å². The Bertz CT molecular complexity index is 478. The Morgan fingerprint density at radius 3 is 2.74 bits per heavy atom. The number of aryl methyl sites for hydroxylation is 2. The van der Waals surface area contributed by atoms with Crippen LogP contribution in [0.1, 0.15) is 60.9 Å². The molecule has 0 atom stereocenters. The van der Waals surface area contributed by atoms with Crippen molar-refractivity contribution in [1.82, 2.24) is 15.3 Å². The molecule has 1 aromatic heterocycles. The zero-order valence-corrected chi connectivity index (χ0v) is 11.5. The first-order valence-electron chi connectivity index (χ1n) is 7.38. The lowest BCUT2D eigenvalue weighted by Crippen LogP contribution is -2.37. The summed E-state index contributed by atoms with van der Waals surface area (Å²) in [6.45, 7) is 2.28. The zero-order chi connectivity index (χ0) is 13.2. The molecule has 0 spiro atoms. The van der Waals surface area contributed by atoms with Crippen molar-refractivity contribution >= 4 is 5.91 Å². The van der Waals surface area contributed by atoms with Gasteiger partial charge < -0.3 is 5.32 Å². The Labute approximate surface area is 114 Å². The van der Waals surface area contributed by atoms with Crippen LogP contribution in [-0.4, -0.2) is 21.9 Å². The summed E-state index contributed by atoms with van der Waals surface area (Å²) >= 11 is 0. The van der Waals surface area contributed by atoms with Gasteiger partial charge in [0, 0.05) is 6.04 Å². The van der Waals surface area contributed by atoms with E-state index in [0.717, 1.165) is 49.4 Å². The molecule has 0 radical (unpaired) electrons. The molecule has 19 heavy (non-hydrogen) atoms. The van der Waals surface area contributed by atoms with Gasteiger partial charge >= 0.3 is 0 Å². The van der Waals surface area contributed by atoms with Crippen molar-refractivity contribution in [1.29, 1.82) is 0 Å². The summed E-state index contributed by atoms with van der Waals surface area (Å²) in [4.78, 5) is 21.0. The standard InChI is InChI=1S/C15H21N3O/c1-10-5-7-11(8-6-10)17-15(19)14-9-16-12-3-2-4-13(12)18-14/h9-11H,2-8H2,1H3,(H,17,19)/t10-,11-. The first kappa shape index (κ1) is 12.6. The predicted octanol–water partition coefficient (Wildman–Crippen LogP) is 2.27. The van der Waals surface area contributed by atoms with Gasteiger partial charge in [0.15, 0.2) is 0 Å². The maximum atomic E-state index is 12.2. The fraction of sp³-hybridized carbons (Fsp3) is 0.667. The van der Waals surface area contributed by atoms with Crippen molar-refractivity contribution in [2.24, 2.45) is 5.92 Å². The first-order chi connectivity index (χ1) is 9.22. The van der Waals surface area contributed by atoms with Crippen molar-refractivity contribution in [3.05, 3.63) is 23.3 Å². The smallest absolute Gasteiger partial charge is 0.271 e. The van der Waals surface area contributed by atoms with Crippen molar-refractivity contribution in [3.63, 3.8) is 0 Å². The van der Waals surface area contributed by atoms with E-state index in [-0.39, 0.29) is 5.91 Å². The van der Waals surface area contributed by atoms with Gasteiger partial charge in [0.05, 0.1) is 17.6 Å². The topological polar surface area (TPSA) is 54.9 Å². The van der Waals surface area contributed by atoms with Crippen LogP contribution in [0.2, 0.25) is 0 Å². The lowest BCUT2D eigenvalue weighted by Gasteiger charge is -2.26. The van der Waals surface area contributed by atoms with Crippen LogP contribution < -0.4 is 5.32 Å². The van der Waals surface area contributed by atoms with Crippen LogP contribution in [0, 0.1) is 5.92 Å². The van der Waals surface area contributed by atoms with E-state index in [2.05, 4.69) is 22.2 Å². The minimum absolute atomic E-state index is 0.0539. The molecule has 0 saturated heterocycles. The summed E-state index contributed by atoms with van der Waals surface area (Å²) < 4.78 is 0. The Balaban J connectivity index is 1.64. The van der Waals surface area contributed by atoms with Gasteiger partial charge in [0.2, 0.25) is 0 Å². The van der Waals surface area contributed by atoms with Gasteiger partial charge in [-0.1, -0.05) is 6.92 Å². The minimum Gasteiger partial charge on any atom is -0.348 e. The predicted molar refractivity (Wildman–Crippen MR) is 72.9 cm³/mol. The van der Waals surface area contributed by atoms with Crippen molar-refractivity contribution in [2.45, 2.75) is 57.9 Å². The second-order valence-corrected chi connectivity index (χ2v) is 5.93. The number of hydrogen-bond acceptors (Lipinski definition) is 3. The van der Waals surface area contributed by atoms with Crippen molar-refractivity contribution in [3.8, 4) is 0 Å². The summed E-state index contributed by atoms with van der Waals surface area (Å²) in [5, 5.41) is 3.11. The molecule has 1 N–H and O–H groups in total. The summed E-state index contributed by atoms with van der Waals surface area (Å²) in [7, 11) is 0. The van der Waals surface area contributed by atoms with Gasteiger partial charge in [0.25, 0.3) is 5.91 Å². The van der Waals surface area contributed by atoms with E-state index >= 15 is 0 Å². The number of amides is 1. The van der Waals surface area contributed by atoms with Gasteiger partial charge in [-0.15, -0.1) is 0 Å². The van der Waals surface area contributed by atoms with Gasteiger partial charge in [-0.05, 0) is 50.9 Å². The molecule has 2 aliphatic carbocycles. The van der Waals surface area contributed by atoms with Gasteiger partial charge in [-0.25, -0.2) is 4.98 Å². The third-order valence-electron chi connectivity index (χ3n) is 4.34. The number of nitrogens with one attached hydrogen (secondary N) is 1. The lowest BCUT2D eigenvalue weighted by molar-refractivity contribution is 0.0917. The molecule has 4 nitrogen and oxygen atoms in total. The Morgan fingerprint density at radius 2 is 1.95 bits per heavy atom. The lowest BCUT2D eigenvalue weighted by atomic mass is 9.87. The van der Waals surface area contributed by atoms with Crippen molar-refractivity contribution in [2.75, 3.05) is 0 Å². The largest absolute Gasteiger partial charge is 0.348 e. The first-order valence-corrected chi connectivity index (χ1v) is 7.38. The third-order valence-corrected chi connectivity index (χ3v) is 4.34. The number of rotatable bonds is 2. The van der Waals surface area contributed by atoms with Crippen LogP contribution in [0.4, 0.5) is 0 Å². The minimum atomic E-state index is -0.0539. The Hall–Kier alpha value is -1.45. The van der Waals surface area contributed by atoms with E-state index in [1.165, 1.54) is 12.8 Å². The zero-order valence-electron chi connectivity index (χ0n) is 11.5. The Kier molecular flexibility index (Phi) is 3.49. The van der Waals surface area contributed by atoms with E-state index in [9.17, 15) is 4.79 Å². The molecule has 3 rings (SSSR count). The monoisotopic (exact) mass is 259 g/mol. The molecule has 0 unspecified atom stereocenters. The molecule has 0 aliphatic heterocycles. The molecule has 1 amide bonds. The Morgan fingerprint density at radius 1 is 1.21 bits per heavy atom. The number of nitrogens with zero attached hydrogens (tertiary/aromatic N) is 2. The second-order valence-electron chi connectivity index (χ2n) is 5.93. The summed E-state index contributed by atoms with van der Waals surface area (Å²) in [6, 6.07) is 0.318. The van der Waals surface area contributed by atoms with Crippen LogP contribution in [-0.2, 0) is 12.8 Å². The molecular formula is C15H21N3O. The molecule has 1 heterocycles. The molecular weight excluding hydrogens is 238 g/mol. The van der Waals surface area contributed by atoms with Gasteiger partial charge in [-0.3, -0.25) is 9.78 Å². The van der Waals surface area contributed by atoms with Crippen LogP contribution in [0.15, 0.2) is 6.20 Å². The highest BCUT2D eigenvalue weighted by molar-refractivity contribution is 5.92. The number of aromatic nitrogens is 2. The molecule has 1 fully saturated rings. The summed E-state index contributed by atoms with van der Waals surface area (Å²) in [5.74, 6) is 0.745. The summed E-state index contributed by atoms with van der Waals surface area (Å²) in [6.07, 6.45) is 9.30.